The number of aromatic nitrogens is 5. The Balaban J connectivity index is 1.33. The third-order valence-electron chi connectivity index (χ3n) is 6.96. The Labute approximate surface area is 224 Å². The fourth-order valence-electron chi connectivity index (χ4n) is 4.90. The summed E-state index contributed by atoms with van der Waals surface area (Å²) >= 11 is 3.18. The van der Waals surface area contributed by atoms with Crippen LogP contribution in [0.2, 0.25) is 0 Å². The Morgan fingerprint density at radius 2 is 2.03 bits per heavy atom. The zero-order valence-electron chi connectivity index (χ0n) is 21.7. The van der Waals surface area contributed by atoms with E-state index in [9.17, 15) is 9.59 Å². The van der Waals surface area contributed by atoms with Crippen molar-refractivity contribution in [1.82, 2.24) is 24.1 Å². The van der Waals surface area contributed by atoms with Crippen molar-refractivity contribution in [3.8, 4) is 17.1 Å². The van der Waals surface area contributed by atoms with Crippen LogP contribution in [-0.2, 0) is 31.2 Å². The van der Waals surface area contributed by atoms with E-state index < -0.39 is 0 Å². The van der Waals surface area contributed by atoms with Crippen LogP contribution < -0.4 is 10.9 Å². The molecule has 0 saturated heterocycles. The number of para-hydroxylation sites is 1. The molecule has 1 unspecified atom stereocenters. The maximum absolute atomic E-state index is 13.1. The molecule has 1 aliphatic carbocycles. The number of thiophene rings is 1. The van der Waals surface area contributed by atoms with E-state index >= 15 is 0 Å². The van der Waals surface area contributed by atoms with Gasteiger partial charge >= 0.3 is 0 Å². The summed E-state index contributed by atoms with van der Waals surface area (Å²) < 4.78 is 5.45. The first-order valence-corrected chi connectivity index (χ1v) is 14.5. The molecule has 0 fully saturated rings. The van der Waals surface area contributed by atoms with Crippen molar-refractivity contribution < 1.29 is 4.79 Å². The highest BCUT2D eigenvalue weighted by atomic mass is 32.2. The summed E-state index contributed by atoms with van der Waals surface area (Å²) in [5.74, 6) is 1.51. The number of carbonyl (C=O) groups is 1. The van der Waals surface area contributed by atoms with Crippen molar-refractivity contribution in [1.29, 1.82) is 0 Å². The number of nitrogens with one attached hydrogen (secondary N) is 1. The van der Waals surface area contributed by atoms with E-state index in [1.807, 2.05) is 55.6 Å². The average molecular weight is 537 g/mol. The maximum Gasteiger partial charge on any atom is 0.295 e. The number of nitrogens with zero attached hydrogens (tertiary/aromatic N) is 5. The highest BCUT2D eigenvalue weighted by Gasteiger charge is 2.25. The van der Waals surface area contributed by atoms with Crippen molar-refractivity contribution in [2.75, 3.05) is 11.1 Å². The molecule has 5 rings (SSSR count). The van der Waals surface area contributed by atoms with Crippen LogP contribution in [0.4, 0.5) is 5.69 Å². The van der Waals surface area contributed by atoms with Gasteiger partial charge in [-0.3, -0.25) is 14.3 Å². The summed E-state index contributed by atoms with van der Waals surface area (Å²) in [6.07, 6.45) is 4.35. The van der Waals surface area contributed by atoms with Crippen LogP contribution in [0.15, 0.2) is 45.7 Å². The van der Waals surface area contributed by atoms with Gasteiger partial charge in [-0.05, 0) is 56.2 Å². The standard InChI is InChI=1S/C27H32N6O2S2/c1-5-13-32-25(21-15-36-22-14-17(2)11-12-20(21)22)29-30-27(32)37-16-23(34)28-24-18(3)31(4)33(26(24)35)19-9-7-6-8-10-19/h6-10,15,17H,5,11-14,16H2,1-4H3,(H,28,34). The second kappa shape index (κ2) is 10.7. The first-order valence-electron chi connectivity index (χ1n) is 12.7. The van der Waals surface area contributed by atoms with E-state index in [4.69, 9.17) is 0 Å². The van der Waals surface area contributed by atoms with Crippen molar-refractivity contribution in [2.24, 2.45) is 13.0 Å². The molecule has 8 nitrogen and oxygen atoms in total. The minimum atomic E-state index is -0.252. The van der Waals surface area contributed by atoms with Gasteiger partial charge in [0.1, 0.15) is 5.69 Å². The Hall–Kier alpha value is -3.11. The molecule has 1 aliphatic rings. The number of anilines is 1. The molecule has 1 aromatic carbocycles. The maximum atomic E-state index is 13.1. The Morgan fingerprint density at radius 3 is 2.78 bits per heavy atom. The number of hydrogen-bond donors (Lipinski definition) is 1. The van der Waals surface area contributed by atoms with Gasteiger partial charge in [0.2, 0.25) is 5.91 Å². The van der Waals surface area contributed by atoms with Gasteiger partial charge in [0.05, 0.1) is 17.1 Å². The molecule has 0 saturated carbocycles. The molecule has 3 heterocycles. The van der Waals surface area contributed by atoms with Crippen LogP contribution >= 0.6 is 23.1 Å². The van der Waals surface area contributed by atoms with Crippen molar-refractivity contribution in [3.63, 3.8) is 0 Å². The number of carbonyl (C=O) groups excluding carboxylic acids is 1. The second-order valence-electron chi connectivity index (χ2n) is 9.63. The lowest BCUT2D eigenvalue weighted by Crippen LogP contribution is -2.23. The van der Waals surface area contributed by atoms with Crippen LogP contribution in [0, 0.1) is 12.8 Å². The summed E-state index contributed by atoms with van der Waals surface area (Å²) in [6.45, 7) is 7.06. The largest absolute Gasteiger partial charge is 0.319 e. The van der Waals surface area contributed by atoms with Gasteiger partial charge in [0.25, 0.3) is 5.56 Å². The minimum absolute atomic E-state index is 0.139. The van der Waals surface area contributed by atoms with E-state index in [-0.39, 0.29) is 17.2 Å². The van der Waals surface area contributed by atoms with E-state index in [0.29, 0.717) is 11.4 Å². The molecular formula is C27H32N6O2S2. The normalized spacial score (nSPS) is 15.1. The van der Waals surface area contributed by atoms with Crippen molar-refractivity contribution >= 4 is 34.7 Å². The summed E-state index contributed by atoms with van der Waals surface area (Å²) in [4.78, 5) is 27.5. The summed E-state index contributed by atoms with van der Waals surface area (Å²) in [6, 6.07) is 9.40. The lowest BCUT2D eigenvalue weighted by atomic mass is 9.88. The molecule has 1 N–H and O–H groups in total. The fraction of sp³-hybridized carbons (Fsp3) is 0.407. The Bertz CT molecular complexity index is 1480. The molecule has 10 heteroatoms. The van der Waals surface area contributed by atoms with Crippen LogP contribution in [0.5, 0.6) is 0 Å². The zero-order chi connectivity index (χ0) is 26.1. The lowest BCUT2D eigenvalue weighted by molar-refractivity contribution is -0.113. The number of hydrogen-bond acceptors (Lipinski definition) is 6. The van der Waals surface area contributed by atoms with E-state index in [1.54, 1.807) is 9.36 Å². The molecule has 4 aromatic rings. The lowest BCUT2D eigenvalue weighted by Gasteiger charge is -2.19. The highest BCUT2D eigenvalue weighted by Crippen LogP contribution is 2.38. The quantitative estimate of drug-likeness (QED) is 0.318. The van der Waals surface area contributed by atoms with Crippen LogP contribution in [-0.4, -0.2) is 35.8 Å². The van der Waals surface area contributed by atoms with Gasteiger partial charge in [-0.2, -0.15) is 0 Å². The molecule has 0 spiro atoms. The van der Waals surface area contributed by atoms with Crippen LogP contribution in [0.3, 0.4) is 0 Å². The molecule has 1 atom stereocenters. The first-order chi connectivity index (χ1) is 17.9. The number of amides is 1. The molecule has 0 aliphatic heterocycles. The Kier molecular flexibility index (Phi) is 7.39. The molecule has 3 aromatic heterocycles. The van der Waals surface area contributed by atoms with Crippen LogP contribution in [0.25, 0.3) is 17.1 Å². The number of fused-ring (bicyclic) bond motifs is 1. The van der Waals surface area contributed by atoms with Crippen molar-refractivity contribution in [2.45, 2.75) is 58.2 Å². The highest BCUT2D eigenvalue weighted by molar-refractivity contribution is 7.99. The monoisotopic (exact) mass is 536 g/mol. The number of thioether (sulfide) groups is 1. The number of rotatable bonds is 8. The molecule has 1 amide bonds. The van der Waals surface area contributed by atoms with Gasteiger partial charge < -0.3 is 9.88 Å². The summed E-state index contributed by atoms with van der Waals surface area (Å²) in [5, 5.41) is 14.8. The summed E-state index contributed by atoms with van der Waals surface area (Å²) in [5.41, 5.74) is 4.09. The molecule has 0 radical (unpaired) electrons. The number of benzene rings is 1. The van der Waals surface area contributed by atoms with Crippen molar-refractivity contribution in [3.05, 3.63) is 62.2 Å². The van der Waals surface area contributed by atoms with Gasteiger partial charge in [-0.25, -0.2) is 4.68 Å². The van der Waals surface area contributed by atoms with E-state index in [1.165, 1.54) is 34.2 Å². The molecule has 37 heavy (non-hydrogen) atoms. The van der Waals surface area contributed by atoms with Gasteiger partial charge in [-0.1, -0.05) is 43.8 Å². The van der Waals surface area contributed by atoms with Gasteiger partial charge in [0, 0.05) is 29.4 Å². The zero-order valence-corrected chi connectivity index (χ0v) is 23.3. The second-order valence-corrected chi connectivity index (χ2v) is 11.5. The van der Waals surface area contributed by atoms with E-state index in [2.05, 4.69) is 39.3 Å². The fourth-order valence-corrected chi connectivity index (χ4v) is 6.91. The van der Waals surface area contributed by atoms with E-state index in [0.717, 1.165) is 48.4 Å². The third-order valence-corrected chi connectivity index (χ3v) is 8.98. The minimum Gasteiger partial charge on any atom is -0.319 e. The van der Waals surface area contributed by atoms with Crippen LogP contribution in [0.1, 0.15) is 42.8 Å². The first kappa shape index (κ1) is 25.5. The smallest absolute Gasteiger partial charge is 0.295 e. The molecular weight excluding hydrogens is 504 g/mol. The SMILES string of the molecule is CCCn1c(SCC(=O)Nc2c(C)n(C)n(-c3ccccc3)c2=O)nnc1-c1csc2c1CCC(C)C2. The molecule has 0 bridgehead atoms. The summed E-state index contributed by atoms with van der Waals surface area (Å²) in [7, 11) is 1.81. The Morgan fingerprint density at radius 1 is 1.24 bits per heavy atom. The molecule has 194 valence electrons. The van der Waals surface area contributed by atoms with Gasteiger partial charge in [0.15, 0.2) is 11.0 Å². The third kappa shape index (κ3) is 4.92. The predicted octanol–water partition coefficient (Wildman–Crippen LogP) is 5.07. The predicted molar refractivity (Wildman–Crippen MR) is 150 cm³/mol. The average Bonchev–Trinajstić information content (AvgIpc) is 3.54. The topological polar surface area (TPSA) is 86.7 Å². The van der Waals surface area contributed by atoms with Gasteiger partial charge in [-0.15, -0.1) is 21.5 Å².